The van der Waals surface area contributed by atoms with Crippen molar-refractivity contribution >= 4 is 27.0 Å². The van der Waals surface area contributed by atoms with E-state index in [2.05, 4.69) is 0 Å². The molecule has 0 aliphatic rings. The third-order valence-electron chi connectivity index (χ3n) is 2.09. The zero-order chi connectivity index (χ0) is 13.1. The third-order valence-corrected chi connectivity index (χ3v) is 5.34. The molecule has 1 aromatic rings. The minimum Gasteiger partial charge on any atom is -0.398 e. The quantitative estimate of drug-likeness (QED) is 0.762. The van der Waals surface area contributed by atoms with Crippen molar-refractivity contribution in [3.8, 4) is 0 Å². The van der Waals surface area contributed by atoms with E-state index in [9.17, 15) is 13.5 Å². The van der Waals surface area contributed by atoms with Crippen molar-refractivity contribution in [3.63, 3.8) is 0 Å². The SMILES string of the molecule is COCC(O)CN(C)S(=O)(=O)c1cc(N)cs1. The lowest BCUT2D eigenvalue weighted by Crippen LogP contribution is -2.35. The fraction of sp³-hybridized carbons (Fsp3) is 0.556. The smallest absolute Gasteiger partial charge is 0.252 e. The highest BCUT2D eigenvalue weighted by atomic mass is 32.2. The maximum absolute atomic E-state index is 12.0. The summed E-state index contributed by atoms with van der Waals surface area (Å²) in [4.78, 5) is 0. The van der Waals surface area contributed by atoms with E-state index < -0.39 is 16.1 Å². The molecule has 1 heterocycles. The molecule has 0 aromatic carbocycles. The molecule has 0 fully saturated rings. The summed E-state index contributed by atoms with van der Waals surface area (Å²) in [6, 6.07) is 1.40. The standard InChI is InChI=1S/C9H16N2O4S2/c1-11(4-8(12)5-15-2)17(13,14)9-3-7(10)6-16-9/h3,6,8,12H,4-5,10H2,1-2H3. The van der Waals surface area contributed by atoms with Gasteiger partial charge < -0.3 is 15.6 Å². The predicted molar refractivity (Wildman–Crippen MR) is 66.4 cm³/mol. The van der Waals surface area contributed by atoms with Crippen molar-refractivity contribution in [2.45, 2.75) is 10.3 Å². The maximum Gasteiger partial charge on any atom is 0.252 e. The topological polar surface area (TPSA) is 92.9 Å². The summed E-state index contributed by atoms with van der Waals surface area (Å²) >= 11 is 1.06. The van der Waals surface area contributed by atoms with Crippen molar-refractivity contribution in [1.29, 1.82) is 0 Å². The first-order chi connectivity index (χ1) is 7.87. The van der Waals surface area contributed by atoms with Gasteiger partial charge in [-0.15, -0.1) is 11.3 Å². The molecule has 0 bridgehead atoms. The summed E-state index contributed by atoms with van der Waals surface area (Å²) in [6.07, 6.45) is -0.850. The first-order valence-corrected chi connectivity index (χ1v) is 7.17. The molecule has 0 aliphatic carbocycles. The average Bonchev–Trinajstić information content (AvgIpc) is 2.65. The molecule has 8 heteroatoms. The number of nitrogens with two attached hydrogens (primary N) is 1. The molecule has 1 atom stereocenters. The van der Waals surface area contributed by atoms with E-state index in [4.69, 9.17) is 10.5 Å². The molecule has 0 spiro atoms. The van der Waals surface area contributed by atoms with Gasteiger partial charge in [0.2, 0.25) is 0 Å². The largest absolute Gasteiger partial charge is 0.398 e. The van der Waals surface area contributed by atoms with Crippen LogP contribution in [0.15, 0.2) is 15.7 Å². The number of aliphatic hydroxyl groups excluding tert-OH is 1. The van der Waals surface area contributed by atoms with Crippen LogP contribution in [-0.4, -0.2) is 51.2 Å². The Morgan fingerprint density at radius 1 is 1.65 bits per heavy atom. The number of aliphatic hydroxyl groups is 1. The maximum atomic E-state index is 12.0. The van der Waals surface area contributed by atoms with E-state index in [-0.39, 0.29) is 17.4 Å². The Balaban J connectivity index is 2.77. The second-order valence-electron chi connectivity index (χ2n) is 3.59. The second kappa shape index (κ2) is 5.78. The van der Waals surface area contributed by atoms with Crippen LogP contribution in [0.1, 0.15) is 0 Å². The number of methoxy groups -OCH3 is 1. The molecule has 3 N–H and O–H groups in total. The lowest BCUT2D eigenvalue weighted by molar-refractivity contribution is 0.0554. The summed E-state index contributed by atoms with van der Waals surface area (Å²) in [6.45, 7) is 0.0699. The zero-order valence-corrected chi connectivity index (χ0v) is 11.3. The van der Waals surface area contributed by atoms with Gasteiger partial charge in [-0.1, -0.05) is 0 Å². The number of thiophene rings is 1. The number of nitrogen functional groups attached to an aromatic ring is 1. The fourth-order valence-corrected chi connectivity index (χ4v) is 3.76. The molecule has 6 nitrogen and oxygen atoms in total. The third kappa shape index (κ3) is 3.65. The summed E-state index contributed by atoms with van der Waals surface area (Å²) in [7, 11) is -0.726. The molecule has 1 aromatic heterocycles. The van der Waals surface area contributed by atoms with E-state index in [1.54, 1.807) is 5.38 Å². The number of hydrogen-bond donors (Lipinski definition) is 2. The van der Waals surface area contributed by atoms with Crippen LogP contribution in [0.5, 0.6) is 0 Å². The molecule has 17 heavy (non-hydrogen) atoms. The number of ether oxygens (including phenoxy) is 1. The van der Waals surface area contributed by atoms with Gasteiger partial charge in [0.25, 0.3) is 10.0 Å². The van der Waals surface area contributed by atoms with E-state index >= 15 is 0 Å². The highest BCUT2D eigenvalue weighted by Gasteiger charge is 2.24. The number of likely N-dealkylation sites (N-methyl/N-ethyl adjacent to an activating group) is 1. The predicted octanol–water partition coefficient (Wildman–Crippen LogP) is -0.0419. The van der Waals surface area contributed by atoms with Gasteiger partial charge in [0.15, 0.2) is 0 Å². The van der Waals surface area contributed by atoms with Crippen molar-refractivity contribution in [3.05, 3.63) is 11.4 Å². The molecular weight excluding hydrogens is 264 g/mol. The van der Waals surface area contributed by atoms with Crippen LogP contribution in [0.4, 0.5) is 5.69 Å². The van der Waals surface area contributed by atoms with Gasteiger partial charge in [-0.2, -0.15) is 4.31 Å². The van der Waals surface area contributed by atoms with Gasteiger partial charge in [0.05, 0.1) is 12.7 Å². The van der Waals surface area contributed by atoms with Crippen LogP contribution in [0.25, 0.3) is 0 Å². The zero-order valence-electron chi connectivity index (χ0n) is 9.66. The monoisotopic (exact) mass is 280 g/mol. The van der Waals surface area contributed by atoms with Gasteiger partial charge in [-0.05, 0) is 6.07 Å². The number of nitrogens with zero attached hydrogens (tertiary/aromatic N) is 1. The normalized spacial score (nSPS) is 14.1. The minimum atomic E-state index is -3.58. The Morgan fingerprint density at radius 2 is 2.29 bits per heavy atom. The van der Waals surface area contributed by atoms with Gasteiger partial charge >= 0.3 is 0 Å². The lowest BCUT2D eigenvalue weighted by Gasteiger charge is -2.19. The van der Waals surface area contributed by atoms with Gasteiger partial charge in [0.1, 0.15) is 4.21 Å². The Bertz CT molecular complexity index is 457. The Labute approximate surface area is 105 Å². The summed E-state index contributed by atoms with van der Waals surface area (Å²) in [5, 5.41) is 11.0. The van der Waals surface area contributed by atoms with Crippen LogP contribution in [0.2, 0.25) is 0 Å². The molecule has 0 saturated heterocycles. The van der Waals surface area contributed by atoms with Crippen molar-refractivity contribution in [2.24, 2.45) is 0 Å². The molecule has 1 rings (SSSR count). The van der Waals surface area contributed by atoms with E-state index in [0.29, 0.717) is 5.69 Å². The fourth-order valence-electron chi connectivity index (χ4n) is 1.26. The Morgan fingerprint density at radius 3 is 2.76 bits per heavy atom. The average molecular weight is 280 g/mol. The van der Waals surface area contributed by atoms with Gasteiger partial charge in [-0.3, -0.25) is 0 Å². The number of hydrogen-bond acceptors (Lipinski definition) is 6. The molecule has 0 aliphatic heterocycles. The Kier molecular flexibility index (Phi) is 4.90. The highest BCUT2D eigenvalue weighted by Crippen LogP contribution is 2.24. The van der Waals surface area contributed by atoms with Crippen molar-refractivity contribution in [2.75, 3.05) is 33.0 Å². The highest BCUT2D eigenvalue weighted by molar-refractivity contribution is 7.91. The summed E-state index contributed by atoms with van der Waals surface area (Å²) < 4.78 is 30.0. The van der Waals surface area contributed by atoms with Crippen LogP contribution >= 0.6 is 11.3 Å². The van der Waals surface area contributed by atoms with Crippen LogP contribution < -0.4 is 5.73 Å². The molecule has 1 unspecified atom stereocenters. The van der Waals surface area contributed by atoms with E-state index in [1.165, 1.54) is 20.2 Å². The summed E-state index contributed by atoms with van der Waals surface area (Å²) in [5.74, 6) is 0. The first-order valence-electron chi connectivity index (χ1n) is 4.85. The van der Waals surface area contributed by atoms with E-state index in [1.807, 2.05) is 0 Å². The van der Waals surface area contributed by atoms with Gasteiger partial charge in [-0.25, -0.2) is 8.42 Å². The van der Waals surface area contributed by atoms with Crippen molar-refractivity contribution < 1.29 is 18.3 Å². The number of sulfonamides is 1. The van der Waals surface area contributed by atoms with Crippen LogP contribution in [-0.2, 0) is 14.8 Å². The molecule has 0 radical (unpaired) electrons. The number of rotatable bonds is 6. The first kappa shape index (κ1) is 14.4. The minimum absolute atomic E-state index is 0.0199. The molecule has 0 amide bonds. The van der Waals surface area contributed by atoms with Crippen LogP contribution in [0.3, 0.4) is 0 Å². The Hall–Kier alpha value is -0.670. The summed E-state index contributed by atoms with van der Waals surface area (Å²) in [5.41, 5.74) is 5.90. The number of anilines is 1. The lowest BCUT2D eigenvalue weighted by atomic mass is 10.4. The molecule has 0 saturated carbocycles. The molecule has 98 valence electrons. The molecular formula is C9H16N2O4S2. The second-order valence-corrected chi connectivity index (χ2v) is 6.78. The van der Waals surface area contributed by atoms with Gasteiger partial charge in [0, 0.05) is 31.8 Å². The van der Waals surface area contributed by atoms with Crippen molar-refractivity contribution in [1.82, 2.24) is 4.31 Å². The van der Waals surface area contributed by atoms with Crippen LogP contribution in [0, 0.1) is 0 Å². The van der Waals surface area contributed by atoms with E-state index in [0.717, 1.165) is 15.6 Å².